The van der Waals surface area contributed by atoms with Gasteiger partial charge in [-0.15, -0.1) is 0 Å². The summed E-state index contributed by atoms with van der Waals surface area (Å²) in [6.07, 6.45) is 1.44. The van der Waals surface area contributed by atoms with Crippen molar-refractivity contribution < 1.29 is 19.0 Å². The van der Waals surface area contributed by atoms with E-state index in [1.165, 1.54) is 18.2 Å². The number of benzene rings is 3. The van der Waals surface area contributed by atoms with E-state index in [0.717, 1.165) is 23.1 Å². The summed E-state index contributed by atoms with van der Waals surface area (Å²) in [6, 6.07) is 16.8. The summed E-state index contributed by atoms with van der Waals surface area (Å²) < 4.78 is 20.3. The predicted molar refractivity (Wildman–Crippen MR) is 112 cm³/mol. The Hall–Kier alpha value is -3.38. The maximum absolute atomic E-state index is 14.5. The molecule has 5 nitrogen and oxygen atoms in total. The number of aromatic hydroxyl groups is 1. The summed E-state index contributed by atoms with van der Waals surface area (Å²) in [6.45, 7) is 1.39. The number of hydrogen-bond donors (Lipinski definition) is 2. The Labute approximate surface area is 174 Å². The number of phenols is 1. The molecule has 0 saturated carbocycles. The van der Waals surface area contributed by atoms with Gasteiger partial charge in [0.1, 0.15) is 23.1 Å². The molecule has 3 N–H and O–H groups in total. The third kappa shape index (κ3) is 4.28. The third-order valence-electron chi connectivity index (χ3n) is 5.25. The second-order valence-corrected chi connectivity index (χ2v) is 7.36. The predicted octanol–water partition coefficient (Wildman–Crippen LogP) is 4.02. The molecular weight excluding hydrogens is 383 g/mol. The average Bonchev–Trinajstić information content (AvgIpc) is 2.75. The number of rotatable bonds is 5. The van der Waals surface area contributed by atoms with Crippen LogP contribution in [0, 0.1) is 5.82 Å². The summed E-state index contributed by atoms with van der Waals surface area (Å²) in [7, 11) is 0. The van der Waals surface area contributed by atoms with E-state index in [1.54, 1.807) is 17.0 Å². The zero-order chi connectivity index (χ0) is 21.1. The molecule has 4 rings (SSSR count). The highest BCUT2D eigenvalue weighted by atomic mass is 19.1. The van der Waals surface area contributed by atoms with Crippen LogP contribution in [0.15, 0.2) is 60.7 Å². The van der Waals surface area contributed by atoms with Gasteiger partial charge in [0.25, 0.3) is 5.91 Å². The minimum atomic E-state index is -0.590. The van der Waals surface area contributed by atoms with Crippen LogP contribution in [0.1, 0.15) is 27.0 Å². The first kappa shape index (κ1) is 19.9. The fourth-order valence-electron chi connectivity index (χ4n) is 3.65. The van der Waals surface area contributed by atoms with Crippen molar-refractivity contribution in [1.29, 1.82) is 0 Å². The standard InChI is InChI=1S/C24H23FN2O3/c25-23-8-7-21(30-20-5-1-16(2-6-20)9-11-26)14-22(23)24(29)27-12-10-17-3-4-19(28)13-18(17)15-27/h1-8,13-14,28H,9-12,15,26H2. The molecule has 0 unspecified atom stereocenters. The highest BCUT2D eigenvalue weighted by molar-refractivity contribution is 5.95. The molecule has 3 aromatic rings. The monoisotopic (exact) mass is 406 g/mol. The van der Waals surface area contributed by atoms with E-state index in [2.05, 4.69) is 0 Å². The Morgan fingerprint density at radius 1 is 1.03 bits per heavy atom. The van der Waals surface area contributed by atoms with Gasteiger partial charge in [0, 0.05) is 13.1 Å². The molecule has 154 valence electrons. The molecule has 6 heteroatoms. The van der Waals surface area contributed by atoms with Gasteiger partial charge < -0.3 is 20.5 Å². The minimum absolute atomic E-state index is 0.0316. The molecule has 0 aliphatic carbocycles. The van der Waals surface area contributed by atoms with Crippen LogP contribution in [0.2, 0.25) is 0 Å². The Morgan fingerprint density at radius 3 is 2.57 bits per heavy atom. The molecule has 0 radical (unpaired) electrons. The van der Waals surface area contributed by atoms with Gasteiger partial charge in [0.05, 0.1) is 5.56 Å². The van der Waals surface area contributed by atoms with E-state index < -0.39 is 11.7 Å². The van der Waals surface area contributed by atoms with Crippen molar-refractivity contribution in [2.75, 3.05) is 13.1 Å². The number of amides is 1. The van der Waals surface area contributed by atoms with Crippen LogP contribution >= 0.6 is 0 Å². The van der Waals surface area contributed by atoms with E-state index >= 15 is 0 Å². The lowest BCUT2D eigenvalue weighted by atomic mass is 9.98. The lowest BCUT2D eigenvalue weighted by molar-refractivity contribution is 0.0729. The van der Waals surface area contributed by atoms with Crippen molar-refractivity contribution in [1.82, 2.24) is 4.90 Å². The molecule has 0 spiro atoms. The summed E-state index contributed by atoms with van der Waals surface area (Å²) >= 11 is 0. The molecule has 0 bridgehead atoms. The molecule has 3 aromatic carbocycles. The van der Waals surface area contributed by atoms with E-state index in [4.69, 9.17) is 10.5 Å². The number of ether oxygens (including phenoxy) is 1. The van der Waals surface area contributed by atoms with E-state index in [1.807, 2.05) is 30.3 Å². The number of halogens is 1. The van der Waals surface area contributed by atoms with Gasteiger partial charge in [-0.3, -0.25) is 4.79 Å². The molecule has 0 atom stereocenters. The highest BCUT2D eigenvalue weighted by Crippen LogP contribution is 2.28. The minimum Gasteiger partial charge on any atom is -0.508 e. The SMILES string of the molecule is NCCc1ccc(Oc2ccc(F)c(C(=O)N3CCc4ccc(O)cc4C3)c2)cc1. The average molecular weight is 406 g/mol. The quantitative estimate of drug-likeness (QED) is 0.671. The van der Waals surface area contributed by atoms with E-state index in [9.17, 15) is 14.3 Å². The maximum Gasteiger partial charge on any atom is 0.257 e. The second-order valence-electron chi connectivity index (χ2n) is 7.36. The molecule has 1 aliphatic heterocycles. The van der Waals surface area contributed by atoms with Crippen LogP contribution < -0.4 is 10.5 Å². The smallest absolute Gasteiger partial charge is 0.257 e. The largest absolute Gasteiger partial charge is 0.508 e. The first-order chi connectivity index (χ1) is 14.5. The van der Waals surface area contributed by atoms with Crippen LogP contribution in [0.5, 0.6) is 17.2 Å². The maximum atomic E-state index is 14.5. The summed E-state index contributed by atoms with van der Waals surface area (Å²) in [4.78, 5) is 14.6. The number of nitrogens with two attached hydrogens (primary N) is 1. The number of phenolic OH excluding ortho intramolecular Hbond substituents is 1. The van der Waals surface area contributed by atoms with Crippen molar-refractivity contribution in [3.05, 3.63) is 88.7 Å². The lowest BCUT2D eigenvalue weighted by Crippen LogP contribution is -2.36. The Morgan fingerprint density at radius 2 is 1.80 bits per heavy atom. The molecule has 0 aromatic heterocycles. The van der Waals surface area contributed by atoms with Crippen molar-refractivity contribution in [2.45, 2.75) is 19.4 Å². The number of carbonyl (C=O) groups excluding carboxylic acids is 1. The van der Waals surface area contributed by atoms with Gasteiger partial charge >= 0.3 is 0 Å². The summed E-state index contributed by atoms with van der Waals surface area (Å²) in [5.41, 5.74) is 8.60. The van der Waals surface area contributed by atoms with Crippen LogP contribution in [0.4, 0.5) is 4.39 Å². The summed E-state index contributed by atoms with van der Waals surface area (Å²) in [5, 5.41) is 9.71. The van der Waals surface area contributed by atoms with Gasteiger partial charge in [-0.25, -0.2) is 4.39 Å². The van der Waals surface area contributed by atoms with Gasteiger partial charge in [0.2, 0.25) is 0 Å². The van der Waals surface area contributed by atoms with Gasteiger partial charge in [-0.2, -0.15) is 0 Å². The molecule has 1 aliphatic rings. The van der Waals surface area contributed by atoms with Crippen molar-refractivity contribution in [3.8, 4) is 17.2 Å². The molecular formula is C24H23FN2O3. The van der Waals surface area contributed by atoms with Crippen LogP contribution in [-0.2, 0) is 19.4 Å². The second kappa shape index (κ2) is 8.55. The molecule has 1 heterocycles. The zero-order valence-corrected chi connectivity index (χ0v) is 16.5. The van der Waals surface area contributed by atoms with Crippen molar-refractivity contribution in [3.63, 3.8) is 0 Å². The number of fused-ring (bicyclic) bond motifs is 1. The lowest BCUT2D eigenvalue weighted by Gasteiger charge is -2.29. The number of nitrogens with zero attached hydrogens (tertiary/aromatic N) is 1. The van der Waals surface area contributed by atoms with Crippen LogP contribution in [0.3, 0.4) is 0 Å². The number of carbonyl (C=O) groups is 1. The first-order valence-corrected chi connectivity index (χ1v) is 9.90. The molecule has 0 saturated heterocycles. The fraction of sp³-hybridized carbons (Fsp3) is 0.208. The molecule has 0 fully saturated rings. The van der Waals surface area contributed by atoms with Crippen molar-refractivity contribution >= 4 is 5.91 Å². The van der Waals surface area contributed by atoms with Gasteiger partial charge in [-0.05, 0) is 78.5 Å². The van der Waals surface area contributed by atoms with Crippen LogP contribution in [-0.4, -0.2) is 29.0 Å². The van der Waals surface area contributed by atoms with Gasteiger partial charge in [0.15, 0.2) is 0 Å². The highest BCUT2D eigenvalue weighted by Gasteiger charge is 2.24. The topological polar surface area (TPSA) is 75.8 Å². The van der Waals surface area contributed by atoms with E-state index in [-0.39, 0.29) is 11.3 Å². The Bertz CT molecular complexity index is 1070. The normalized spacial score (nSPS) is 13.1. The van der Waals surface area contributed by atoms with Crippen molar-refractivity contribution in [2.24, 2.45) is 5.73 Å². The third-order valence-corrected chi connectivity index (χ3v) is 5.25. The molecule has 1 amide bonds. The Balaban J connectivity index is 1.52. The molecule has 30 heavy (non-hydrogen) atoms. The van der Waals surface area contributed by atoms with E-state index in [0.29, 0.717) is 37.6 Å². The Kier molecular flexibility index (Phi) is 5.68. The zero-order valence-electron chi connectivity index (χ0n) is 16.5. The van der Waals surface area contributed by atoms with Gasteiger partial charge in [-0.1, -0.05) is 18.2 Å². The number of hydrogen-bond acceptors (Lipinski definition) is 4. The summed E-state index contributed by atoms with van der Waals surface area (Å²) in [5.74, 6) is 0.157. The first-order valence-electron chi connectivity index (χ1n) is 9.90. The van der Waals surface area contributed by atoms with Crippen LogP contribution in [0.25, 0.3) is 0 Å². The fourth-order valence-corrected chi connectivity index (χ4v) is 3.65.